The third-order valence-electron chi connectivity index (χ3n) is 5.34. The number of carbonyl (C=O) groups is 2. The minimum absolute atomic E-state index is 0.0408. The summed E-state index contributed by atoms with van der Waals surface area (Å²) in [5.41, 5.74) is 1.59. The highest BCUT2D eigenvalue weighted by Gasteiger charge is 2.45. The molecular formula is C19H27N3O2. The zero-order chi connectivity index (χ0) is 17.2. The van der Waals surface area contributed by atoms with E-state index < -0.39 is 0 Å². The Bertz CT molecular complexity index is 600. The largest absolute Gasteiger partial charge is 0.339 e. The monoisotopic (exact) mass is 329 g/mol. The summed E-state index contributed by atoms with van der Waals surface area (Å²) < 4.78 is 0. The molecule has 1 aromatic rings. The van der Waals surface area contributed by atoms with Crippen LogP contribution in [0.1, 0.15) is 25.8 Å². The lowest BCUT2D eigenvalue weighted by molar-refractivity contribution is -0.134. The molecule has 1 aliphatic heterocycles. The van der Waals surface area contributed by atoms with Gasteiger partial charge < -0.3 is 15.1 Å². The summed E-state index contributed by atoms with van der Waals surface area (Å²) in [4.78, 5) is 28.0. The van der Waals surface area contributed by atoms with Crippen molar-refractivity contribution in [2.45, 2.75) is 26.7 Å². The quantitative estimate of drug-likeness (QED) is 0.900. The molecule has 2 aliphatic rings. The average molecular weight is 329 g/mol. The second-order valence-electron chi connectivity index (χ2n) is 7.61. The highest BCUT2D eigenvalue weighted by Crippen LogP contribution is 2.50. The van der Waals surface area contributed by atoms with E-state index in [0.717, 1.165) is 6.42 Å². The van der Waals surface area contributed by atoms with Crippen LogP contribution in [0.3, 0.4) is 0 Å². The lowest BCUT2D eigenvalue weighted by atomic mass is 10.1. The second kappa shape index (κ2) is 6.83. The van der Waals surface area contributed by atoms with Gasteiger partial charge in [-0.25, -0.2) is 4.79 Å². The Hall–Kier alpha value is -2.04. The minimum atomic E-state index is -0.103. The van der Waals surface area contributed by atoms with Gasteiger partial charge >= 0.3 is 6.03 Å². The minimum Gasteiger partial charge on any atom is -0.339 e. The maximum absolute atomic E-state index is 12.3. The number of rotatable bonds is 5. The van der Waals surface area contributed by atoms with E-state index in [0.29, 0.717) is 37.5 Å². The lowest BCUT2D eigenvalue weighted by Crippen LogP contribution is -2.55. The molecule has 0 bridgehead atoms. The highest BCUT2D eigenvalue weighted by molar-refractivity contribution is 5.85. The first kappa shape index (κ1) is 16.8. The molecule has 1 atom stereocenters. The van der Waals surface area contributed by atoms with Gasteiger partial charge in [0.25, 0.3) is 0 Å². The summed E-state index contributed by atoms with van der Waals surface area (Å²) >= 11 is 0. The second-order valence-corrected chi connectivity index (χ2v) is 7.61. The van der Waals surface area contributed by atoms with E-state index in [9.17, 15) is 9.59 Å². The van der Waals surface area contributed by atoms with Gasteiger partial charge in [-0.1, -0.05) is 44.2 Å². The van der Waals surface area contributed by atoms with Crippen LogP contribution in [-0.2, 0) is 11.2 Å². The van der Waals surface area contributed by atoms with Crippen LogP contribution in [0.2, 0.25) is 0 Å². The fourth-order valence-electron chi connectivity index (χ4n) is 3.27. The van der Waals surface area contributed by atoms with E-state index in [2.05, 4.69) is 31.3 Å². The van der Waals surface area contributed by atoms with Crippen molar-refractivity contribution in [2.24, 2.45) is 11.3 Å². The number of amides is 3. The molecule has 1 N–H and O–H groups in total. The van der Waals surface area contributed by atoms with Crippen LogP contribution in [0.5, 0.6) is 0 Å². The third kappa shape index (κ3) is 4.08. The van der Waals surface area contributed by atoms with E-state index in [1.165, 1.54) is 12.0 Å². The van der Waals surface area contributed by atoms with Gasteiger partial charge in [0.1, 0.15) is 6.54 Å². The van der Waals surface area contributed by atoms with Crippen LogP contribution in [0.25, 0.3) is 0 Å². The first-order valence-electron chi connectivity index (χ1n) is 8.80. The zero-order valence-electron chi connectivity index (χ0n) is 14.6. The molecular weight excluding hydrogens is 302 g/mol. The maximum Gasteiger partial charge on any atom is 0.317 e. The summed E-state index contributed by atoms with van der Waals surface area (Å²) in [6, 6.07) is 10.1. The van der Waals surface area contributed by atoms with Crippen LogP contribution in [0.4, 0.5) is 4.79 Å². The molecule has 1 aliphatic carbocycles. The molecule has 1 heterocycles. The average Bonchev–Trinajstić information content (AvgIpc) is 3.19. The van der Waals surface area contributed by atoms with Gasteiger partial charge in [-0.3, -0.25) is 4.79 Å². The molecule has 0 radical (unpaired) electrons. The van der Waals surface area contributed by atoms with E-state index in [1.807, 2.05) is 23.1 Å². The van der Waals surface area contributed by atoms with Crippen LogP contribution in [0.15, 0.2) is 30.3 Å². The van der Waals surface area contributed by atoms with E-state index >= 15 is 0 Å². The molecule has 3 rings (SSSR count). The molecule has 1 saturated heterocycles. The van der Waals surface area contributed by atoms with Gasteiger partial charge in [-0.05, 0) is 29.7 Å². The molecule has 130 valence electrons. The maximum atomic E-state index is 12.3. The van der Waals surface area contributed by atoms with Crippen molar-refractivity contribution in [1.29, 1.82) is 0 Å². The molecule has 5 nitrogen and oxygen atoms in total. The first-order valence-corrected chi connectivity index (χ1v) is 8.80. The lowest BCUT2D eigenvalue weighted by Gasteiger charge is -2.34. The van der Waals surface area contributed by atoms with Crippen LogP contribution in [-0.4, -0.2) is 54.5 Å². The number of nitrogens with one attached hydrogen (secondary N) is 1. The number of hydrogen-bond acceptors (Lipinski definition) is 2. The SMILES string of the molecule is CC1(C)C[C@@H]1CNC(=O)N1CCN(CCc2ccccc2)C(=O)C1. The van der Waals surface area contributed by atoms with Gasteiger partial charge in [-0.15, -0.1) is 0 Å². The van der Waals surface area contributed by atoms with Crippen molar-refractivity contribution in [3.63, 3.8) is 0 Å². The van der Waals surface area contributed by atoms with Gasteiger partial charge in [0, 0.05) is 26.2 Å². The zero-order valence-corrected chi connectivity index (χ0v) is 14.6. The van der Waals surface area contributed by atoms with Crippen molar-refractivity contribution in [1.82, 2.24) is 15.1 Å². The summed E-state index contributed by atoms with van der Waals surface area (Å²) in [5, 5.41) is 2.98. The number of hydrogen-bond donors (Lipinski definition) is 1. The molecule has 24 heavy (non-hydrogen) atoms. The van der Waals surface area contributed by atoms with Gasteiger partial charge in [-0.2, -0.15) is 0 Å². The van der Waals surface area contributed by atoms with Crippen molar-refractivity contribution >= 4 is 11.9 Å². The van der Waals surface area contributed by atoms with Crippen LogP contribution in [0, 0.1) is 11.3 Å². The van der Waals surface area contributed by atoms with E-state index in [-0.39, 0.29) is 18.5 Å². The third-order valence-corrected chi connectivity index (χ3v) is 5.34. The van der Waals surface area contributed by atoms with E-state index in [4.69, 9.17) is 0 Å². The van der Waals surface area contributed by atoms with Crippen molar-refractivity contribution in [3.05, 3.63) is 35.9 Å². The molecule has 1 saturated carbocycles. The van der Waals surface area contributed by atoms with Crippen molar-refractivity contribution < 1.29 is 9.59 Å². The van der Waals surface area contributed by atoms with Crippen molar-refractivity contribution in [2.75, 3.05) is 32.7 Å². The summed E-state index contributed by atoms with van der Waals surface area (Å²) in [6.07, 6.45) is 2.02. The summed E-state index contributed by atoms with van der Waals surface area (Å²) in [5.74, 6) is 0.614. The fourth-order valence-corrected chi connectivity index (χ4v) is 3.27. The Balaban J connectivity index is 1.41. The number of piperazine rings is 1. The first-order chi connectivity index (χ1) is 11.5. The predicted molar refractivity (Wildman–Crippen MR) is 93.6 cm³/mol. The number of urea groups is 1. The Morgan fingerprint density at radius 3 is 2.58 bits per heavy atom. The normalized spacial score (nSPS) is 22.4. The molecule has 5 heteroatoms. The number of benzene rings is 1. The standard InChI is InChI=1S/C19H27N3O2/c1-19(2)12-16(19)13-20-18(24)22-11-10-21(17(23)14-22)9-8-15-6-4-3-5-7-15/h3-7,16H,8-14H2,1-2H3,(H,20,24)/t16-/m1/s1. The molecule has 3 amide bonds. The van der Waals surface area contributed by atoms with Crippen LogP contribution < -0.4 is 5.32 Å². The molecule has 0 aromatic heterocycles. The van der Waals surface area contributed by atoms with Gasteiger partial charge in [0.2, 0.25) is 5.91 Å². The highest BCUT2D eigenvalue weighted by atomic mass is 16.2. The predicted octanol–water partition coefficient (Wildman–Crippen LogP) is 2.13. The summed E-state index contributed by atoms with van der Waals surface area (Å²) in [7, 11) is 0. The molecule has 0 spiro atoms. The smallest absolute Gasteiger partial charge is 0.317 e. The topological polar surface area (TPSA) is 52.7 Å². The Morgan fingerprint density at radius 1 is 1.25 bits per heavy atom. The number of carbonyl (C=O) groups excluding carboxylic acids is 2. The fraction of sp³-hybridized carbons (Fsp3) is 0.579. The van der Waals surface area contributed by atoms with E-state index in [1.54, 1.807) is 4.90 Å². The Labute approximate surface area is 144 Å². The van der Waals surface area contributed by atoms with Gasteiger partial charge in [0.05, 0.1) is 0 Å². The Morgan fingerprint density at radius 2 is 1.96 bits per heavy atom. The molecule has 1 aromatic carbocycles. The summed E-state index contributed by atoms with van der Waals surface area (Å²) in [6.45, 7) is 7.30. The number of nitrogens with zero attached hydrogens (tertiary/aromatic N) is 2. The van der Waals surface area contributed by atoms with Crippen molar-refractivity contribution in [3.8, 4) is 0 Å². The van der Waals surface area contributed by atoms with Crippen LogP contribution >= 0.6 is 0 Å². The Kier molecular flexibility index (Phi) is 4.78. The van der Waals surface area contributed by atoms with Gasteiger partial charge in [0.15, 0.2) is 0 Å². The molecule has 2 fully saturated rings. The molecule has 0 unspecified atom stereocenters.